The van der Waals surface area contributed by atoms with E-state index >= 15 is 0 Å². The molecule has 0 amide bonds. The van der Waals surface area contributed by atoms with Crippen molar-refractivity contribution in [2.75, 3.05) is 0 Å². The Bertz CT molecular complexity index is 3620. The van der Waals surface area contributed by atoms with Crippen LogP contribution in [0.1, 0.15) is 53.6 Å². The highest BCUT2D eigenvalue weighted by Gasteiger charge is 2.46. The number of fused-ring (bicyclic) bond motifs is 9. The number of rotatable bonds is 10. The molecule has 2 N–H and O–H groups in total. The molecule has 10 aromatic carbocycles. The average molecular weight is 874 g/mol. The fraction of sp³-hybridized carbons (Fsp3) is 0.0769. The lowest BCUT2D eigenvalue weighted by Crippen LogP contribution is -2.29. The fourth-order valence-electron chi connectivity index (χ4n) is 10.6. The summed E-state index contributed by atoms with van der Waals surface area (Å²) in [6.07, 6.45) is 7.90. The Morgan fingerprint density at radius 1 is 0.500 bits per heavy atom. The van der Waals surface area contributed by atoms with Crippen molar-refractivity contribution < 1.29 is 0 Å². The van der Waals surface area contributed by atoms with Crippen LogP contribution in [-0.2, 0) is 12.0 Å². The van der Waals surface area contributed by atoms with Gasteiger partial charge in [-0.3, -0.25) is 4.99 Å². The first-order valence-corrected chi connectivity index (χ1v) is 23.7. The normalized spacial score (nSPS) is 15.1. The van der Waals surface area contributed by atoms with Crippen molar-refractivity contribution in [2.24, 2.45) is 15.7 Å². The van der Waals surface area contributed by atoms with Gasteiger partial charge in [-0.05, 0) is 119 Å². The minimum atomic E-state index is -0.432. The van der Waals surface area contributed by atoms with E-state index in [1.807, 2.05) is 48.5 Å². The predicted molar refractivity (Wildman–Crippen MR) is 289 cm³/mol. The second-order valence-electron chi connectivity index (χ2n) is 17.6. The van der Waals surface area contributed by atoms with E-state index in [4.69, 9.17) is 15.7 Å². The van der Waals surface area contributed by atoms with E-state index in [-0.39, 0.29) is 0 Å². The number of allylic oxidation sites excluding steroid dienone is 4. The van der Waals surface area contributed by atoms with Gasteiger partial charge in [0.1, 0.15) is 5.84 Å². The van der Waals surface area contributed by atoms with Gasteiger partial charge >= 0.3 is 0 Å². The molecule has 0 fully saturated rings. The van der Waals surface area contributed by atoms with E-state index in [2.05, 4.69) is 202 Å². The van der Waals surface area contributed by atoms with Crippen molar-refractivity contribution in [1.82, 2.24) is 0 Å². The van der Waals surface area contributed by atoms with Crippen LogP contribution in [-0.4, -0.2) is 11.7 Å². The van der Waals surface area contributed by atoms with Crippen molar-refractivity contribution in [3.8, 4) is 33.4 Å². The molecule has 1 aliphatic rings. The summed E-state index contributed by atoms with van der Waals surface area (Å²) >= 11 is 0. The smallest absolute Gasteiger partial charge is 0.157 e. The van der Waals surface area contributed by atoms with Crippen LogP contribution >= 0.6 is 0 Å². The fourth-order valence-corrected chi connectivity index (χ4v) is 10.6. The lowest BCUT2D eigenvalue weighted by molar-refractivity contribution is 0.764. The van der Waals surface area contributed by atoms with Gasteiger partial charge in [0.15, 0.2) is 5.84 Å². The third-order valence-electron chi connectivity index (χ3n) is 13.7. The molecule has 1 atom stereocenters. The number of hydrogen-bond acceptors (Lipinski definition) is 1. The first-order chi connectivity index (χ1) is 33.6. The van der Waals surface area contributed by atoms with Gasteiger partial charge in [0.05, 0.1) is 12.0 Å². The zero-order valence-corrected chi connectivity index (χ0v) is 38.4. The number of nitrogens with zero attached hydrogens (tertiary/aromatic N) is 2. The molecule has 0 heterocycles. The lowest BCUT2D eigenvalue weighted by atomic mass is 9.67. The van der Waals surface area contributed by atoms with Crippen LogP contribution in [0.3, 0.4) is 0 Å². The molecule has 0 bridgehead atoms. The second-order valence-corrected chi connectivity index (χ2v) is 17.6. The van der Waals surface area contributed by atoms with Crippen LogP contribution in [0.25, 0.3) is 65.7 Å². The topological polar surface area (TPSA) is 50.7 Å². The number of aliphatic imine (C=N–C) groups is 2. The Morgan fingerprint density at radius 2 is 1.09 bits per heavy atom. The van der Waals surface area contributed by atoms with E-state index < -0.39 is 5.41 Å². The summed E-state index contributed by atoms with van der Waals surface area (Å²) in [5, 5.41) is 7.41. The summed E-state index contributed by atoms with van der Waals surface area (Å²) in [6.45, 7) is 4.88. The summed E-state index contributed by atoms with van der Waals surface area (Å²) < 4.78 is 0. The molecule has 0 spiro atoms. The Balaban J connectivity index is 1.04. The highest BCUT2D eigenvalue weighted by atomic mass is 15.0. The van der Waals surface area contributed by atoms with Gasteiger partial charge in [0.2, 0.25) is 0 Å². The zero-order chi connectivity index (χ0) is 46.0. The van der Waals surface area contributed by atoms with Crippen molar-refractivity contribution >= 4 is 44.0 Å². The summed E-state index contributed by atoms with van der Waals surface area (Å²) in [4.78, 5) is 9.91. The highest BCUT2D eigenvalue weighted by molar-refractivity contribution is 6.29. The number of nitrogens with two attached hydrogens (primary N) is 1. The Labute approximate surface area is 399 Å². The van der Waals surface area contributed by atoms with Crippen LogP contribution in [0.15, 0.2) is 252 Å². The van der Waals surface area contributed by atoms with Crippen LogP contribution in [0.5, 0.6) is 0 Å². The lowest BCUT2D eigenvalue weighted by Gasteiger charge is -2.34. The third kappa shape index (κ3) is 7.34. The average Bonchev–Trinajstić information content (AvgIpc) is 3.70. The Kier molecular flexibility index (Phi) is 11.3. The number of hydrogen-bond donors (Lipinski definition) is 1. The third-order valence-corrected chi connectivity index (χ3v) is 13.7. The van der Waals surface area contributed by atoms with Crippen LogP contribution in [0, 0.1) is 0 Å². The molecule has 3 nitrogen and oxygen atoms in total. The first-order valence-electron chi connectivity index (χ1n) is 23.7. The minimum absolute atomic E-state index is 0.431. The number of amidine groups is 2. The quantitative estimate of drug-likeness (QED) is 0.0633. The van der Waals surface area contributed by atoms with E-state index in [9.17, 15) is 0 Å². The summed E-state index contributed by atoms with van der Waals surface area (Å²) in [6, 6.07) is 78.6. The van der Waals surface area contributed by atoms with E-state index in [1.165, 1.54) is 82.4 Å². The summed E-state index contributed by atoms with van der Waals surface area (Å²) in [5.41, 5.74) is 21.5. The Morgan fingerprint density at radius 3 is 1.84 bits per heavy atom. The van der Waals surface area contributed by atoms with Gasteiger partial charge in [-0.25, -0.2) is 4.99 Å². The van der Waals surface area contributed by atoms with E-state index in [1.54, 1.807) is 0 Å². The molecule has 326 valence electrons. The molecule has 1 aliphatic carbocycles. The van der Waals surface area contributed by atoms with Crippen molar-refractivity contribution in [3.05, 3.63) is 276 Å². The largest absolute Gasteiger partial charge is 0.383 e. The Hall–Kier alpha value is -8.40. The standard InChI is InChI=1S/C65H51N3/c1-3-5-24-50(4-2)65(51-25-13-8-14-26-51)60-32-18-17-29-55(60)59-42-49(38-40-61(59)65)48-37-39-57-58(41-48)54-28-16-15-27-53(54)56-31-19-30-52(62(56)57)45-33-35-47(36-34-45)64(67-43-44-20-9-6-10-21-44)68-63(66)46-22-11-7-12-23-46/h4-42H,3,43H2,1-2H3,(H2,66,67,68)/b24-5-,50-4+. The molecule has 1 unspecified atom stereocenters. The second kappa shape index (κ2) is 18.1. The molecule has 0 aromatic heterocycles. The van der Waals surface area contributed by atoms with Crippen molar-refractivity contribution in [2.45, 2.75) is 32.2 Å². The molecule has 10 aromatic rings. The maximum Gasteiger partial charge on any atom is 0.157 e. The zero-order valence-electron chi connectivity index (χ0n) is 38.4. The summed E-state index contributed by atoms with van der Waals surface area (Å²) in [5.74, 6) is 1.03. The maximum absolute atomic E-state index is 6.60. The molecule has 0 saturated heterocycles. The molecular weight excluding hydrogens is 823 g/mol. The maximum atomic E-state index is 6.60. The molecule has 0 aliphatic heterocycles. The molecule has 68 heavy (non-hydrogen) atoms. The number of benzene rings is 10. The monoisotopic (exact) mass is 873 g/mol. The minimum Gasteiger partial charge on any atom is -0.383 e. The van der Waals surface area contributed by atoms with Crippen LogP contribution in [0.2, 0.25) is 0 Å². The molecular formula is C65H51N3. The van der Waals surface area contributed by atoms with Crippen molar-refractivity contribution in [3.63, 3.8) is 0 Å². The van der Waals surface area contributed by atoms with Gasteiger partial charge in [-0.1, -0.05) is 231 Å². The molecule has 0 radical (unpaired) electrons. The van der Waals surface area contributed by atoms with Crippen LogP contribution in [0.4, 0.5) is 0 Å². The molecule has 11 rings (SSSR count). The van der Waals surface area contributed by atoms with Crippen molar-refractivity contribution in [1.29, 1.82) is 0 Å². The molecule has 3 heteroatoms. The van der Waals surface area contributed by atoms with E-state index in [0.717, 1.165) is 28.7 Å². The van der Waals surface area contributed by atoms with E-state index in [0.29, 0.717) is 18.2 Å². The SMILES string of the molecule is C/C=C(\C=C/CC)C1(c2ccccc2)c2ccccc2-c2cc(-c3ccc4c(c3)c3ccccc3c3cccc(-c5ccc(C(N=C(N)c6ccccc6)=NCc6ccccc6)cc5)c34)ccc21. The van der Waals surface area contributed by atoms with Gasteiger partial charge in [-0.2, -0.15) is 0 Å². The summed E-state index contributed by atoms with van der Waals surface area (Å²) in [7, 11) is 0. The predicted octanol–water partition coefficient (Wildman–Crippen LogP) is 16.1. The first kappa shape index (κ1) is 42.2. The van der Waals surface area contributed by atoms with Gasteiger partial charge in [0.25, 0.3) is 0 Å². The van der Waals surface area contributed by atoms with Gasteiger partial charge in [0, 0.05) is 11.1 Å². The van der Waals surface area contributed by atoms with Gasteiger partial charge < -0.3 is 5.73 Å². The van der Waals surface area contributed by atoms with Gasteiger partial charge in [-0.15, -0.1) is 0 Å². The molecule has 0 saturated carbocycles. The highest BCUT2D eigenvalue weighted by Crippen LogP contribution is 2.57. The van der Waals surface area contributed by atoms with Crippen LogP contribution < -0.4 is 5.73 Å².